The number of carbonyl (C=O) groups excluding carboxylic acids is 3. The van der Waals surface area contributed by atoms with Gasteiger partial charge >= 0.3 is 18.2 Å². The maximum Gasteiger partial charge on any atom is 0.429 e. The molecule has 0 aliphatic carbocycles. The molecule has 2 fully saturated rings. The SMILES string of the molecule is CCOC(=O)c1cn(N(CCOC)C(=O)OC(C)(C)C)c2ncc(-c3cnc4[nH]c5c(N(C)C(=O)OC(C)(C)C)cc(F)c(F)c5c4c3N3CC[C@@H]4CN(C)C[C@@H]43)cc2c1=O. The molecule has 1 N–H and O–H groups in total. The van der Waals surface area contributed by atoms with Crippen LogP contribution in [0.5, 0.6) is 0 Å². The molecule has 2 amide bonds. The van der Waals surface area contributed by atoms with Gasteiger partial charge in [0.1, 0.15) is 22.4 Å². The van der Waals surface area contributed by atoms with Gasteiger partial charge in [0, 0.05) is 75.6 Å². The van der Waals surface area contributed by atoms with E-state index < -0.39 is 46.4 Å². The van der Waals surface area contributed by atoms with Crippen LogP contribution in [0.4, 0.5) is 29.7 Å². The van der Waals surface area contributed by atoms with Gasteiger partial charge in [0.05, 0.1) is 52.8 Å². The third-order valence-electron chi connectivity index (χ3n) is 10.8. The lowest BCUT2D eigenvalue weighted by molar-refractivity contribution is 0.0503. The molecule has 1 aromatic carbocycles. The smallest absolute Gasteiger partial charge is 0.429 e. The molecule has 0 spiro atoms. The minimum atomic E-state index is -1.18. The summed E-state index contributed by atoms with van der Waals surface area (Å²) >= 11 is 0. The number of nitrogens with one attached hydrogen (secondary N) is 1. The Labute approximate surface area is 351 Å². The highest BCUT2D eigenvalue weighted by molar-refractivity contribution is 6.19. The molecule has 6 heterocycles. The van der Waals surface area contributed by atoms with E-state index in [9.17, 15) is 19.2 Å². The first-order valence-electron chi connectivity index (χ1n) is 20.2. The molecule has 0 radical (unpaired) electrons. The fraction of sp³-hybridized carbons (Fsp3) is 0.488. The molecule has 4 aromatic heterocycles. The molecule has 0 saturated carbocycles. The van der Waals surface area contributed by atoms with Crippen molar-refractivity contribution in [2.24, 2.45) is 5.92 Å². The molecule has 2 saturated heterocycles. The van der Waals surface area contributed by atoms with Crippen LogP contribution in [0.15, 0.2) is 35.5 Å². The van der Waals surface area contributed by atoms with Crippen molar-refractivity contribution >= 4 is 62.5 Å². The number of amides is 2. The topological polar surface area (TPSA) is 165 Å². The monoisotopic (exact) mass is 846 g/mol. The van der Waals surface area contributed by atoms with E-state index in [2.05, 4.69) is 14.8 Å². The van der Waals surface area contributed by atoms with Crippen LogP contribution in [-0.2, 0) is 18.9 Å². The average Bonchev–Trinajstić information content (AvgIpc) is 3.87. The van der Waals surface area contributed by atoms with Gasteiger partial charge in [-0.25, -0.2) is 42.8 Å². The molecule has 2 aliphatic heterocycles. The van der Waals surface area contributed by atoms with Gasteiger partial charge in [-0.15, -0.1) is 0 Å². The summed E-state index contributed by atoms with van der Waals surface area (Å²) in [5.41, 5.74) is -1.07. The normalized spacial score (nSPS) is 17.0. The number of aromatic nitrogens is 4. The summed E-state index contributed by atoms with van der Waals surface area (Å²) in [5, 5.41) is 1.29. The second-order valence-electron chi connectivity index (χ2n) is 17.5. The van der Waals surface area contributed by atoms with E-state index in [1.54, 1.807) is 60.7 Å². The van der Waals surface area contributed by atoms with Gasteiger partial charge in [-0.05, 0) is 73.9 Å². The third kappa shape index (κ3) is 8.17. The van der Waals surface area contributed by atoms with Crippen molar-refractivity contribution in [1.82, 2.24) is 24.5 Å². The highest BCUT2D eigenvalue weighted by atomic mass is 19.2. The Bertz CT molecular complexity index is 2620. The van der Waals surface area contributed by atoms with Gasteiger partial charge < -0.3 is 33.7 Å². The fourth-order valence-electron chi connectivity index (χ4n) is 8.24. The van der Waals surface area contributed by atoms with E-state index in [1.165, 1.54) is 36.2 Å². The molecular weight excluding hydrogens is 795 g/mol. The van der Waals surface area contributed by atoms with Gasteiger partial charge in [-0.1, -0.05) is 0 Å². The van der Waals surface area contributed by atoms with Crippen molar-refractivity contribution in [3.63, 3.8) is 0 Å². The second kappa shape index (κ2) is 16.2. The van der Waals surface area contributed by atoms with Gasteiger partial charge in [-0.2, -0.15) is 0 Å². The van der Waals surface area contributed by atoms with Crippen molar-refractivity contribution in [3.05, 3.63) is 58.1 Å². The van der Waals surface area contributed by atoms with Crippen LogP contribution < -0.4 is 20.2 Å². The lowest BCUT2D eigenvalue weighted by atomic mass is 9.99. The van der Waals surface area contributed by atoms with Crippen LogP contribution >= 0.6 is 0 Å². The maximum atomic E-state index is 16.5. The third-order valence-corrected chi connectivity index (χ3v) is 10.8. The Morgan fingerprint density at radius 3 is 2.36 bits per heavy atom. The molecule has 2 atom stereocenters. The summed E-state index contributed by atoms with van der Waals surface area (Å²) in [6.07, 6.45) is 3.54. The maximum absolute atomic E-state index is 16.5. The van der Waals surface area contributed by atoms with Crippen LogP contribution in [0.3, 0.4) is 0 Å². The Morgan fingerprint density at radius 1 is 0.984 bits per heavy atom. The molecule has 0 unspecified atom stereocenters. The van der Waals surface area contributed by atoms with Crippen molar-refractivity contribution in [2.45, 2.75) is 72.1 Å². The first kappa shape index (κ1) is 43.2. The quantitative estimate of drug-likeness (QED) is 0.125. The summed E-state index contributed by atoms with van der Waals surface area (Å²) in [6, 6.07) is 2.48. The summed E-state index contributed by atoms with van der Waals surface area (Å²) in [4.78, 5) is 72.8. The average molecular weight is 847 g/mol. The summed E-state index contributed by atoms with van der Waals surface area (Å²) in [7, 11) is 4.92. The molecule has 7 rings (SSSR count). The molecular formula is C43H52F2N8O8. The number of likely N-dealkylation sites (tertiary alicyclic amines) is 1. The predicted molar refractivity (Wildman–Crippen MR) is 227 cm³/mol. The van der Waals surface area contributed by atoms with E-state index >= 15 is 8.78 Å². The highest BCUT2D eigenvalue weighted by Crippen LogP contribution is 2.47. The number of esters is 1. The molecule has 0 bridgehead atoms. The van der Waals surface area contributed by atoms with Crippen LogP contribution in [-0.4, -0.2) is 121 Å². The zero-order valence-electron chi connectivity index (χ0n) is 36.1. The number of H-pyrrole nitrogens is 1. The second-order valence-corrected chi connectivity index (χ2v) is 17.5. The summed E-state index contributed by atoms with van der Waals surface area (Å²) in [6.45, 7) is 14.0. The highest BCUT2D eigenvalue weighted by Gasteiger charge is 2.42. The number of fused-ring (bicyclic) bond motifs is 5. The molecule has 326 valence electrons. The lowest BCUT2D eigenvalue weighted by Crippen LogP contribution is -2.46. The minimum Gasteiger partial charge on any atom is -0.462 e. The molecule has 16 nitrogen and oxygen atoms in total. The van der Waals surface area contributed by atoms with E-state index in [1.807, 2.05) is 7.05 Å². The van der Waals surface area contributed by atoms with E-state index in [4.69, 9.17) is 28.9 Å². The minimum absolute atomic E-state index is 0.0101. The molecule has 18 heteroatoms. The van der Waals surface area contributed by atoms with Crippen LogP contribution in [0.2, 0.25) is 0 Å². The number of rotatable bonds is 9. The number of aromatic amines is 1. The van der Waals surface area contributed by atoms with Crippen molar-refractivity contribution in [2.75, 3.05) is 75.4 Å². The number of nitrogens with zero attached hydrogens (tertiary/aromatic N) is 7. The summed E-state index contributed by atoms with van der Waals surface area (Å²) < 4.78 is 55.5. The number of ether oxygens (including phenoxy) is 4. The van der Waals surface area contributed by atoms with Crippen molar-refractivity contribution in [1.29, 1.82) is 0 Å². The van der Waals surface area contributed by atoms with Crippen LogP contribution in [0, 0.1) is 17.6 Å². The van der Waals surface area contributed by atoms with Crippen LogP contribution in [0.25, 0.3) is 44.1 Å². The first-order chi connectivity index (χ1) is 28.7. The Balaban J connectivity index is 1.51. The number of methoxy groups -OCH3 is 1. The molecule has 5 aromatic rings. The van der Waals surface area contributed by atoms with Gasteiger partial charge in [0.2, 0.25) is 5.43 Å². The number of likely N-dealkylation sites (N-methyl/N-ethyl adjacent to an activating group) is 1. The summed E-state index contributed by atoms with van der Waals surface area (Å²) in [5.74, 6) is -2.96. The van der Waals surface area contributed by atoms with Gasteiger partial charge in [0.15, 0.2) is 17.3 Å². The van der Waals surface area contributed by atoms with Crippen LogP contribution in [0.1, 0.15) is 65.2 Å². The number of halogens is 2. The molecule has 2 aliphatic rings. The van der Waals surface area contributed by atoms with Crippen molar-refractivity contribution < 1.29 is 42.1 Å². The first-order valence-corrected chi connectivity index (χ1v) is 20.2. The van der Waals surface area contributed by atoms with E-state index in [0.717, 1.165) is 23.9 Å². The number of pyridine rings is 3. The number of benzene rings is 1. The number of anilines is 2. The number of hydrogen-bond donors (Lipinski definition) is 1. The number of hydrogen-bond acceptors (Lipinski definition) is 12. The Hall–Kier alpha value is -5.88. The number of carbonyl (C=O) groups is 3. The fourth-order valence-corrected chi connectivity index (χ4v) is 8.24. The zero-order valence-corrected chi connectivity index (χ0v) is 36.1. The lowest BCUT2D eigenvalue weighted by Gasteiger charge is -2.30. The van der Waals surface area contributed by atoms with E-state index in [-0.39, 0.29) is 75.9 Å². The zero-order chi connectivity index (χ0) is 44.3. The standard InChI is InChI=1S/C43H52F2N8O8/c1-11-59-39(55)27-21-53(52(14-15-58-10)41(57)61-43(5,6)7)38-25(36(27)54)16-24(18-47-38)26-19-46-37-32(35(26)51-13-12-23-20-49(8)22-30(23)51)31-33(45)28(44)17-29(34(31)48-37)50(9)40(56)60-42(2,3)4/h16-19,21,23,30H,11-15,20,22H2,1-10H3,(H,46,48)/t23-,30+/m1/s1. The van der Waals surface area contributed by atoms with Gasteiger partial charge in [0.25, 0.3) is 0 Å². The van der Waals surface area contributed by atoms with Crippen molar-refractivity contribution in [3.8, 4) is 11.1 Å². The molecule has 61 heavy (non-hydrogen) atoms. The Morgan fingerprint density at radius 2 is 1.69 bits per heavy atom. The largest absolute Gasteiger partial charge is 0.462 e. The van der Waals surface area contributed by atoms with Gasteiger partial charge in [-0.3, -0.25) is 9.69 Å². The predicted octanol–water partition coefficient (Wildman–Crippen LogP) is 6.58. The Kier molecular flexibility index (Phi) is 11.5. The van der Waals surface area contributed by atoms with E-state index in [0.29, 0.717) is 29.9 Å².